The van der Waals surface area contributed by atoms with Crippen LogP contribution in [0.25, 0.3) is 17.0 Å². The summed E-state index contributed by atoms with van der Waals surface area (Å²) in [5.41, 5.74) is 0.994. The highest BCUT2D eigenvalue weighted by atomic mass is 79.9. The summed E-state index contributed by atoms with van der Waals surface area (Å²) >= 11 is 3.42. The zero-order valence-electron chi connectivity index (χ0n) is 17.6. The third kappa shape index (κ3) is 4.17. The van der Waals surface area contributed by atoms with Crippen molar-refractivity contribution in [3.05, 3.63) is 106 Å². The molecular weight excluding hydrogens is 507 g/mol. The summed E-state index contributed by atoms with van der Waals surface area (Å²) in [4.78, 5) is 13.1. The number of halogens is 4. The summed E-state index contributed by atoms with van der Waals surface area (Å²) in [6.07, 6.45) is -1.72. The maximum absolute atomic E-state index is 13.9. The summed E-state index contributed by atoms with van der Waals surface area (Å²) in [5.74, 6) is -0.816. The fourth-order valence-corrected chi connectivity index (χ4v) is 4.23. The van der Waals surface area contributed by atoms with Crippen LogP contribution in [0.3, 0.4) is 0 Å². The smallest absolute Gasteiger partial charge is 0.342 e. The zero-order chi connectivity index (χ0) is 23.9. The average Bonchev–Trinajstić information content (AvgIpc) is 3.34. The molecule has 0 radical (unpaired) electrons. The summed E-state index contributed by atoms with van der Waals surface area (Å²) < 4.78 is 44.5. The normalized spacial score (nSPS) is 15.4. The lowest BCUT2D eigenvalue weighted by Crippen LogP contribution is -2.25. The van der Waals surface area contributed by atoms with Crippen LogP contribution in [0, 0.1) is 0 Å². The molecule has 1 aliphatic heterocycles. The molecule has 1 aliphatic rings. The number of carbonyl (C=O) groups excluding carboxylic acids is 1. The van der Waals surface area contributed by atoms with Gasteiger partial charge in [-0.05, 0) is 42.0 Å². The number of hydrogen-bond donors (Lipinski definition) is 0. The second kappa shape index (κ2) is 8.61. The van der Waals surface area contributed by atoms with E-state index >= 15 is 0 Å². The molecule has 1 aromatic heterocycles. The Morgan fingerprint density at radius 1 is 0.912 bits per heavy atom. The van der Waals surface area contributed by atoms with Gasteiger partial charge in [0.15, 0.2) is 5.71 Å². The van der Waals surface area contributed by atoms with Crippen LogP contribution in [0.5, 0.6) is 0 Å². The fraction of sp³-hybridized carbons (Fsp3) is 0.0769. The van der Waals surface area contributed by atoms with Crippen molar-refractivity contribution in [2.45, 2.75) is 12.7 Å². The van der Waals surface area contributed by atoms with Gasteiger partial charge in [0.2, 0.25) is 0 Å². The van der Waals surface area contributed by atoms with E-state index in [1.54, 1.807) is 36.5 Å². The molecule has 2 heterocycles. The van der Waals surface area contributed by atoms with E-state index in [1.807, 2.05) is 53.1 Å². The van der Waals surface area contributed by atoms with Crippen molar-refractivity contribution in [3.8, 4) is 0 Å². The number of hydrazone groups is 1. The number of alkyl halides is 3. The van der Waals surface area contributed by atoms with Gasteiger partial charge in [-0.1, -0.05) is 64.5 Å². The minimum atomic E-state index is -4.78. The number of fused-ring (bicyclic) bond motifs is 1. The van der Waals surface area contributed by atoms with E-state index in [1.165, 1.54) is 6.08 Å². The molecule has 4 aromatic rings. The van der Waals surface area contributed by atoms with E-state index in [2.05, 4.69) is 21.0 Å². The van der Waals surface area contributed by atoms with Gasteiger partial charge in [-0.25, -0.2) is 0 Å². The second-order valence-electron chi connectivity index (χ2n) is 7.81. The first kappa shape index (κ1) is 22.2. The molecule has 8 heteroatoms. The summed E-state index contributed by atoms with van der Waals surface area (Å²) in [6, 6.07) is 23.3. The van der Waals surface area contributed by atoms with E-state index in [0.717, 1.165) is 25.9 Å². The van der Waals surface area contributed by atoms with Crippen molar-refractivity contribution in [3.63, 3.8) is 0 Å². The molecule has 34 heavy (non-hydrogen) atoms. The Morgan fingerprint density at radius 2 is 1.59 bits per heavy atom. The number of amides is 1. The van der Waals surface area contributed by atoms with Crippen molar-refractivity contribution < 1.29 is 18.0 Å². The van der Waals surface area contributed by atoms with Crippen molar-refractivity contribution in [2.24, 2.45) is 5.10 Å². The van der Waals surface area contributed by atoms with Crippen LogP contribution < -0.4 is 5.01 Å². The number of para-hydroxylation sites is 2. The maximum Gasteiger partial charge on any atom is 0.435 e. The average molecular weight is 524 g/mol. The molecule has 0 N–H and O–H groups in total. The summed E-state index contributed by atoms with van der Waals surface area (Å²) in [7, 11) is 0. The van der Waals surface area contributed by atoms with E-state index in [4.69, 9.17) is 0 Å². The molecule has 0 fully saturated rings. The highest BCUT2D eigenvalue weighted by molar-refractivity contribution is 9.10. The van der Waals surface area contributed by atoms with Gasteiger partial charge in [-0.15, -0.1) is 0 Å². The Hall–Kier alpha value is -3.65. The van der Waals surface area contributed by atoms with Crippen LogP contribution >= 0.6 is 15.9 Å². The van der Waals surface area contributed by atoms with Crippen LogP contribution in [0.4, 0.5) is 18.9 Å². The van der Waals surface area contributed by atoms with Gasteiger partial charge in [0.25, 0.3) is 5.91 Å². The zero-order valence-corrected chi connectivity index (χ0v) is 19.2. The number of anilines is 1. The molecule has 0 atom stereocenters. The van der Waals surface area contributed by atoms with E-state index < -0.39 is 23.4 Å². The number of benzene rings is 3. The quantitative estimate of drug-likeness (QED) is 0.271. The Morgan fingerprint density at radius 3 is 2.29 bits per heavy atom. The fourth-order valence-electron chi connectivity index (χ4n) is 3.96. The third-order valence-corrected chi connectivity index (χ3v) is 6.06. The molecular formula is C26H17BrF3N3O. The lowest BCUT2D eigenvalue weighted by atomic mass is 10.1. The van der Waals surface area contributed by atoms with Gasteiger partial charge >= 0.3 is 6.18 Å². The van der Waals surface area contributed by atoms with E-state index in [9.17, 15) is 18.0 Å². The van der Waals surface area contributed by atoms with Crippen molar-refractivity contribution in [1.82, 2.24) is 4.57 Å². The van der Waals surface area contributed by atoms with Crippen LogP contribution in [-0.2, 0) is 11.3 Å². The Bertz CT molecular complexity index is 1440. The van der Waals surface area contributed by atoms with Gasteiger partial charge in [0.05, 0.1) is 11.3 Å². The Balaban J connectivity index is 1.60. The van der Waals surface area contributed by atoms with Crippen molar-refractivity contribution in [1.29, 1.82) is 0 Å². The first-order valence-electron chi connectivity index (χ1n) is 10.4. The maximum atomic E-state index is 13.9. The molecule has 5 rings (SSSR count). The first-order valence-corrected chi connectivity index (χ1v) is 11.2. The van der Waals surface area contributed by atoms with Gasteiger partial charge in [-0.2, -0.15) is 23.3 Å². The third-order valence-electron chi connectivity index (χ3n) is 5.53. The molecule has 0 saturated carbocycles. The van der Waals surface area contributed by atoms with Crippen molar-refractivity contribution >= 4 is 50.2 Å². The minimum absolute atomic E-state index is 0.273. The molecule has 170 valence electrons. The number of carbonyl (C=O) groups is 1. The van der Waals surface area contributed by atoms with E-state index in [0.29, 0.717) is 12.1 Å². The topological polar surface area (TPSA) is 37.6 Å². The molecule has 1 amide bonds. The van der Waals surface area contributed by atoms with Gasteiger partial charge in [0.1, 0.15) is 0 Å². The summed E-state index contributed by atoms with van der Waals surface area (Å²) in [5, 5.41) is 5.20. The van der Waals surface area contributed by atoms with Crippen LogP contribution in [0.1, 0.15) is 11.1 Å². The van der Waals surface area contributed by atoms with Gasteiger partial charge < -0.3 is 4.57 Å². The molecule has 0 bridgehead atoms. The number of aromatic nitrogens is 1. The van der Waals surface area contributed by atoms with Gasteiger partial charge in [-0.3, -0.25) is 4.79 Å². The molecule has 0 aliphatic carbocycles. The first-order chi connectivity index (χ1) is 16.3. The molecule has 4 nitrogen and oxygen atoms in total. The lowest BCUT2D eigenvalue weighted by Gasteiger charge is -2.10. The second-order valence-corrected chi connectivity index (χ2v) is 8.73. The molecule has 0 unspecified atom stereocenters. The molecule has 3 aromatic carbocycles. The van der Waals surface area contributed by atoms with E-state index in [-0.39, 0.29) is 5.69 Å². The standard InChI is InChI=1S/C26H17BrF3N3O/c27-19-12-10-17(11-13-19)15-32-16-18(21-8-4-5-9-23(21)32)14-22-24(26(28,29)30)31-33(25(22)34)20-6-2-1-3-7-20/h1-14,16H,15H2/b22-14-. The molecule has 0 spiro atoms. The number of nitrogens with zero attached hydrogens (tertiary/aromatic N) is 3. The Labute approximate surface area is 201 Å². The lowest BCUT2D eigenvalue weighted by molar-refractivity contribution is -0.114. The number of rotatable bonds is 4. The Kier molecular flexibility index (Phi) is 5.61. The highest BCUT2D eigenvalue weighted by Gasteiger charge is 2.46. The molecule has 0 saturated heterocycles. The SMILES string of the molecule is O=C1/C(=C\c2cn(Cc3ccc(Br)cc3)c3ccccc23)C(C(F)(F)F)=NN1c1ccccc1. The van der Waals surface area contributed by atoms with Crippen LogP contribution in [0.15, 0.2) is 100 Å². The minimum Gasteiger partial charge on any atom is -0.342 e. The van der Waals surface area contributed by atoms with Crippen molar-refractivity contribution in [2.75, 3.05) is 5.01 Å². The van der Waals surface area contributed by atoms with Crippen LogP contribution in [0.2, 0.25) is 0 Å². The largest absolute Gasteiger partial charge is 0.435 e. The predicted molar refractivity (Wildman–Crippen MR) is 131 cm³/mol. The highest BCUT2D eigenvalue weighted by Crippen LogP contribution is 2.34. The monoisotopic (exact) mass is 523 g/mol. The predicted octanol–water partition coefficient (Wildman–Crippen LogP) is 6.80. The van der Waals surface area contributed by atoms with Gasteiger partial charge in [0, 0.05) is 33.7 Å². The van der Waals surface area contributed by atoms with Crippen LogP contribution in [-0.4, -0.2) is 22.4 Å². The number of hydrogen-bond acceptors (Lipinski definition) is 2. The summed E-state index contributed by atoms with van der Waals surface area (Å²) in [6.45, 7) is 0.529.